The van der Waals surface area contributed by atoms with Gasteiger partial charge < -0.3 is 84.6 Å². The number of nitrogens with two attached hydrogens (primary N) is 7. The second-order valence-electron chi connectivity index (χ2n) is 12.2. The van der Waals surface area contributed by atoms with E-state index >= 15 is 0 Å². The average Bonchev–Trinajstić information content (AvgIpc) is 3.25. The predicted octanol–water partition coefficient (Wildman–Crippen LogP) is -6.57. The Balaban J connectivity index is 1.52. The lowest BCUT2D eigenvalue weighted by Gasteiger charge is -2.50. The third-order valence-corrected chi connectivity index (χ3v) is 9.45. The van der Waals surface area contributed by atoms with E-state index in [-0.39, 0.29) is 32.0 Å². The van der Waals surface area contributed by atoms with E-state index in [1.165, 1.54) is 0 Å². The smallest absolute Gasteiger partial charge is 0.187 e. The Morgan fingerprint density at radius 3 is 2.12 bits per heavy atom. The van der Waals surface area contributed by atoms with Crippen molar-refractivity contribution in [3.8, 4) is 0 Å². The average molecular weight is 594 g/mol. The first-order valence-electron chi connectivity index (χ1n) is 14.6. The van der Waals surface area contributed by atoms with E-state index in [2.05, 4.69) is 0 Å². The Kier molecular flexibility index (Phi) is 11.3. The van der Waals surface area contributed by atoms with Crippen LogP contribution in [0.25, 0.3) is 0 Å². The summed E-state index contributed by atoms with van der Waals surface area (Å²) in [4.78, 5) is 0. The van der Waals surface area contributed by atoms with Gasteiger partial charge in [0.1, 0.15) is 18.3 Å². The minimum Gasteiger partial charge on any atom is -0.394 e. The molecule has 240 valence electrons. The summed E-state index contributed by atoms with van der Waals surface area (Å²) in [6.07, 6.45) is -9.66. The van der Waals surface area contributed by atoms with Crippen molar-refractivity contribution in [3.05, 3.63) is 0 Å². The van der Waals surface area contributed by atoms with Gasteiger partial charge >= 0.3 is 0 Å². The molecule has 2 heterocycles. The number of rotatable bonds is 9. The first-order valence-corrected chi connectivity index (χ1v) is 14.6. The van der Waals surface area contributed by atoms with Gasteiger partial charge in [-0.05, 0) is 32.2 Å². The zero-order valence-corrected chi connectivity index (χ0v) is 23.3. The van der Waals surface area contributed by atoms with Gasteiger partial charge in [0.25, 0.3) is 0 Å². The van der Waals surface area contributed by atoms with Crippen LogP contribution in [0.15, 0.2) is 0 Å². The molecule has 16 heteroatoms. The van der Waals surface area contributed by atoms with Crippen molar-refractivity contribution in [2.45, 2.75) is 123 Å². The van der Waals surface area contributed by atoms with Crippen LogP contribution < -0.4 is 40.1 Å². The molecule has 0 bridgehead atoms. The summed E-state index contributed by atoms with van der Waals surface area (Å²) in [6, 6.07) is -3.11. The summed E-state index contributed by atoms with van der Waals surface area (Å²) in [5.74, 6) is -1.12. The summed E-state index contributed by atoms with van der Waals surface area (Å²) in [5.41, 5.74) is 43.0. The molecule has 0 aromatic carbocycles. The number of aliphatic hydroxyl groups is 5. The molecule has 2 aliphatic carbocycles. The Labute approximate surface area is 239 Å². The van der Waals surface area contributed by atoms with Crippen molar-refractivity contribution >= 4 is 0 Å². The SMILES string of the molecule is NC[C@@H]1C[C@H](O[C@H]2[C@@H](O)[C@H](O[C@@H]3[C@@H](O)[C@H](N)C[C@H](N)[C@H]3C3OC([C@@H](N)CN)CC[C@H]3N)O[C@@H]2CO)[C@H](N)[C@@H](O)[C@@H]1O. The van der Waals surface area contributed by atoms with E-state index in [1.807, 2.05) is 0 Å². The van der Waals surface area contributed by atoms with Crippen LogP contribution in [-0.4, -0.2) is 143 Å². The molecule has 2 saturated heterocycles. The largest absolute Gasteiger partial charge is 0.394 e. The maximum Gasteiger partial charge on any atom is 0.187 e. The first-order chi connectivity index (χ1) is 19.4. The monoisotopic (exact) mass is 593 g/mol. The lowest BCUT2D eigenvalue weighted by molar-refractivity contribution is -0.249. The molecule has 18 atom stereocenters. The molecule has 0 radical (unpaired) electrons. The van der Waals surface area contributed by atoms with Crippen molar-refractivity contribution in [2.75, 3.05) is 19.7 Å². The molecule has 0 spiro atoms. The van der Waals surface area contributed by atoms with Crippen molar-refractivity contribution in [2.24, 2.45) is 52.0 Å². The van der Waals surface area contributed by atoms with Gasteiger partial charge in [0.05, 0.1) is 55.4 Å². The lowest BCUT2D eigenvalue weighted by Crippen LogP contribution is -2.67. The third-order valence-electron chi connectivity index (χ3n) is 9.45. The van der Waals surface area contributed by atoms with Crippen molar-refractivity contribution in [1.82, 2.24) is 0 Å². The zero-order valence-electron chi connectivity index (χ0n) is 23.3. The maximum atomic E-state index is 11.3. The fraction of sp³-hybridized carbons (Fsp3) is 1.00. The van der Waals surface area contributed by atoms with Crippen molar-refractivity contribution in [3.63, 3.8) is 0 Å². The van der Waals surface area contributed by atoms with Crippen molar-refractivity contribution < 1.29 is 44.5 Å². The minimum absolute atomic E-state index is 0.0908. The summed E-state index contributed by atoms with van der Waals surface area (Å²) in [5, 5.41) is 53.1. The summed E-state index contributed by atoms with van der Waals surface area (Å²) in [6.45, 7) is -0.219. The van der Waals surface area contributed by atoms with Crippen LogP contribution in [0.4, 0.5) is 0 Å². The second-order valence-corrected chi connectivity index (χ2v) is 12.2. The second kappa shape index (κ2) is 14.0. The molecule has 41 heavy (non-hydrogen) atoms. The molecular formula is C25H51N7O9. The molecule has 2 unspecified atom stereocenters. The first kappa shape index (κ1) is 33.3. The minimum atomic E-state index is -1.43. The van der Waals surface area contributed by atoms with Gasteiger partial charge in [-0.3, -0.25) is 0 Å². The zero-order chi connectivity index (χ0) is 30.2. The quantitative estimate of drug-likeness (QED) is 0.118. The van der Waals surface area contributed by atoms with Crippen molar-refractivity contribution in [1.29, 1.82) is 0 Å². The summed E-state index contributed by atoms with van der Waals surface area (Å²) in [7, 11) is 0. The highest BCUT2D eigenvalue weighted by atomic mass is 16.7. The molecule has 4 fully saturated rings. The summed E-state index contributed by atoms with van der Waals surface area (Å²) < 4.78 is 24.4. The van der Waals surface area contributed by atoms with Crippen LogP contribution in [-0.2, 0) is 18.9 Å². The van der Waals surface area contributed by atoms with E-state index < -0.39 is 110 Å². The van der Waals surface area contributed by atoms with E-state index in [1.54, 1.807) is 0 Å². The van der Waals surface area contributed by atoms with Gasteiger partial charge in [-0.2, -0.15) is 0 Å². The number of hydrogen-bond acceptors (Lipinski definition) is 16. The molecule has 0 aromatic heterocycles. The molecule has 2 saturated carbocycles. The van der Waals surface area contributed by atoms with E-state index in [0.717, 1.165) is 0 Å². The molecule has 0 amide bonds. The van der Waals surface area contributed by atoms with Crippen LogP contribution in [0.3, 0.4) is 0 Å². The highest BCUT2D eigenvalue weighted by molar-refractivity contribution is 5.05. The molecule has 16 nitrogen and oxygen atoms in total. The van der Waals surface area contributed by atoms with Crippen LogP contribution in [0.1, 0.15) is 25.7 Å². The Bertz CT molecular complexity index is 836. The highest BCUT2D eigenvalue weighted by Gasteiger charge is 2.54. The summed E-state index contributed by atoms with van der Waals surface area (Å²) >= 11 is 0. The van der Waals surface area contributed by atoms with E-state index in [0.29, 0.717) is 12.8 Å². The normalized spacial score (nSPS) is 52.0. The Morgan fingerprint density at radius 2 is 1.49 bits per heavy atom. The fourth-order valence-electron chi connectivity index (χ4n) is 6.85. The highest BCUT2D eigenvalue weighted by Crippen LogP contribution is 2.38. The van der Waals surface area contributed by atoms with Crippen LogP contribution >= 0.6 is 0 Å². The Morgan fingerprint density at radius 1 is 0.780 bits per heavy atom. The van der Waals surface area contributed by atoms with Crippen LogP contribution in [0.2, 0.25) is 0 Å². The topological polar surface area (TPSA) is 320 Å². The molecule has 2 aliphatic heterocycles. The predicted molar refractivity (Wildman–Crippen MR) is 145 cm³/mol. The number of hydrogen-bond donors (Lipinski definition) is 12. The molecular weight excluding hydrogens is 542 g/mol. The number of aliphatic hydroxyl groups excluding tert-OH is 5. The van der Waals surface area contributed by atoms with Gasteiger partial charge in [-0.1, -0.05) is 0 Å². The Hall–Kier alpha value is -0.640. The molecule has 0 aromatic rings. The lowest BCUT2D eigenvalue weighted by atomic mass is 9.72. The molecule has 4 rings (SSSR count). The van der Waals surface area contributed by atoms with Gasteiger partial charge in [0.15, 0.2) is 6.29 Å². The van der Waals surface area contributed by atoms with Gasteiger partial charge in [0.2, 0.25) is 0 Å². The van der Waals surface area contributed by atoms with Gasteiger partial charge in [-0.15, -0.1) is 0 Å². The van der Waals surface area contributed by atoms with Crippen LogP contribution in [0.5, 0.6) is 0 Å². The maximum absolute atomic E-state index is 11.3. The molecule has 4 aliphatic rings. The fourth-order valence-corrected chi connectivity index (χ4v) is 6.85. The molecule has 19 N–H and O–H groups in total. The third kappa shape index (κ3) is 6.73. The number of ether oxygens (including phenoxy) is 4. The van der Waals surface area contributed by atoms with E-state index in [9.17, 15) is 25.5 Å². The van der Waals surface area contributed by atoms with E-state index in [4.69, 9.17) is 59.1 Å². The van der Waals surface area contributed by atoms with Crippen LogP contribution in [0, 0.1) is 11.8 Å². The van der Waals surface area contributed by atoms with Gasteiger partial charge in [0, 0.05) is 42.5 Å². The van der Waals surface area contributed by atoms with Gasteiger partial charge in [-0.25, -0.2) is 0 Å². The standard InChI is InChI=1S/C25H51N7O9/c26-5-8-3-14(17(32)20(36)18(8)34)39-23-15(7-33)40-25(21(23)37)41-24-16(10(29)4-11(30)19(24)35)22-9(28)1-2-13(38-22)12(31)6-27/h8-25,33-37H,1-7,26-32H2/t8-,9+,10-,11+,12-,13?,14-,15+,16-,17-,18+,19-,20+,21+,22?,23+,24-,25-/m0/s1.